The lowest BCUT2D eigenvalue weighted by Gasteiger charge is -2.18. The van der Waals surface area contributed by atoms with Gasteiger partial charge in [-0.15, -0.1) is 0 Å². The average Bonchev–Trinajstić information content (AvgIpc) is 3.85. The molecule has 0 saturated heterocycles. The van der Waals surface area contributed by atoms with Gasteiger partial charge in [0.15, 0.2) is 12.4 Å². The Morgan fingerprint density at radius 2 is 1.61 bits per heavy atom. The summed E-state index contributed by atoms with van der Waals surface area (Å²) in [5.41, 5.74) is 12.6. The molecule has 2 atom stereocenters. The van der Waals surface area contributed by atoms with Crippen LogP contribution in [-0.2, 0) is 50.3 Å². The van der Waals surface area contributed by atoms with Gasteiger partial charge in [0.05, 0.1) is 43.3 Å². The van der Waals surface area contributed by atoms with Crippen LogP contribution in [0.1, 0.15) is 102 Å². The minimum atomic E-state index is -0.498. The van der Waals surface area contributed by atoms with Crippen molar-refractivity contribution in [2.45, 2.75) is 78.7 Å². The SMILES string of the molecule is C=Cc1c(C)c2cc3nc(c(CC(=O)OC)c4nc(cc5[nH]c(cc1[nH]2)c(C)c5CC)C(C)=C4C(=O)NCc1cc[n+](C)cc1)C(CCC(=O)OC)C3C. The Hall–Kier alpha value is -5.84. The highest BCUT2D eigenvalue weighted by molar-refractivity contribution is 6.27. The number of aromatic nitrogens is 5. The minimum Gasteiger partial charge on any atom is -0.469 e. The number of ether oxygens (including phenoxy) is 2. The molecule has 280 valence electrons. The van der Waals surface area contributed by atoms with Crippen LogP contribution in [0.3, 0.4) is 0 Å². The second-order valence-corrected chi connectivity index (χ2v) is 14.1. The Labute approximate surface area is 315 Å². The number of hydrogen-bond acceptors (Lipinski definition) is 7. The summed E-state index contributed by atoms with van der Waals surface area (Å²) in [5.74, 6) is -1.62. The molecule has 6 heterocycles. The van der Waals surface area contributed by atoms with Crippen molar-refractivity contribution < 1.29 is 28.4 Å². The molecule has 11 nitrogen and oxygen atoms in total. The molecule has 0 aromatic carbocycles. The fourth-order valence-corrected chi connectivity index (χ4v) is 7.62. The monoisotopic (exact) mass is 729 g/mol. The zero-order valence-corrected chi connectivity index (χ0v) is 32.4. The number of pyridine rings is 1. The smallest absolute Gasteiger partial charge is 0.310 e. The summed E-state index contributed by atoms with van der Waals surface area (Å²) in [7, 11) is 4.65. The molecule has 54 heavy (non-hydrogen) atoms. The van der Waals surface area contributed by atoms with Gasteiger partial charge in [-0.3, -0.25) is 19.4 Å². The van der Waals surface area contributed by atoms with Crippen molar-refractivity contribution in [2.24, 2.45) is 7.05 Å². The highest BCUT2D eigenvalue weighted by Gasteiger charge is 2.36. The predicted molar refractivity (Wildman–Crippen MR) is 210 cm³/mol. The third-order valence-corrected chi connectivity index (χ3v) is 10.9. The second-order valence-electron chi connectivity index (χ2n) is 14.1. The largest absolute Gasteiger partial charge is 0.469 e. The standard InChI is InChI=1S/C43H48N6O5/c1-10-28-23(3)32-19-34-25(5)30(12-13-38(50)53-8)41(47-34)31(18-39(51)54-9)42-40(43(52)44-22-27-14-16-49(7)17-15-27)26(6)35(48-42)21-37-29(11-2)24(4)33(46-37)20-36(28)45-32/h10,14-17,19-21,25,30H,1,11-13,18,22H2,2-9H3,(H2-,44,45,46,47,48,52)/p+1. The van der Waals surface area contributed by atoms with Crippen molar-refractivity contribution in [2.75, 3.05) is 14.2 Å². The number of fused-ring (bicyclic) bond motifs is 8. The Balaban J connectivity index is 1.72. The third-order valence-electron chi connectivity index (χ3n) is 10.9. The lowest BCUT2D eigenvalue weighted by Crippen LogP contribution is -2.28. The fraction of sp³-hybridized carbons (Fsp3) is 0.349. The molecule has 0 aliphatic carbocycles. The first-order chi connectivity index (χ1) is 25.9. The number of carbonyl (C=O) groups is 3. The maximum atomic E-state index is 14.4. The van der Waals surface area contributed by atoms with Gasteiger partial charge in [-0.1, -0.05) is 26.5 Å². The number of methoxy groups -OCH3 is 2. The quantitative estimate of drug-likeness (QED) is 0.121. The van der Waals surface area contributed by atoms with E-state index in [1.807, 2.05) is 61.3 Å². The minimum absolute atomic E-state index is 0.146. The van der Waals surface area contributed by atoms with E-state index in [0.717, 1.165) is 62.0 Å². The molecule has 0 radical (unpaired) electrons. The van der Waals surface area contributed by atoms with Gasteiger partial charge in [0.2, 0.25) is 0 Å². The van der Waals surface area contributed by atoms with Gasteiger partial charge in [0.25, 0.3) is 5.91 Å². The Kier molecular flexibility index (Phi) is 11.0. The van der Waals surface area contributed by atoms with Crippen molar-refractivity contribution in [3.63, 3.8) is 0 Å². The Morgan fingerprint density at radius 3 is 2.28 bits per heavy atom. The summed E-state index contributed by atoms with van der Waals surface area (Å²) >= 11 is 0. The molecule has 6 rings (SSSR count). The van der Waals surface area contributed by atoms with Crippen LogP contribution in [0.4, 0.5) is 0 Å². The molecule has 2 aliphatic heterocycles. The van der Waals surface area contributed by atoms with Crippen LogP contribution in [-0.4, -0.2) is 52.0 Å². The summed E-state index contributed by atoms with van der Waals surface area (Å²) in [6.07, 6.45) is 6.85. The van der Waals surface area contributed by atoms with Gasteiger partial charge in [-0.25, -0.2) is 9.55 Å². The lowest BCUT2D eigenvalue weighted by molar-refractivity contribution is -0.671. The van der Waals surface area contributed by atoms with E-state index in [0.29, 0.717) is 46.8 Å². The summed E-state index contributed by atoms with van der Waals surface area (Å²) in [6.45, 7) is 14.6. The molecule has 1 amide bonds. The molecule has 2 aliphatic rings. The van der Waals surface area contributed by atoms with Crippen molar-refractivity contribution in [1.82, 2.24) is 25.3 Å². The number of rotatable bonds is 10. The van der Waals surface area contributed by atoms with Crippen molar-refractivity contribution >= 4 is 57.1 Å². The van der Waals surface area contributed by atoms with E-state index in [1.165, 1.54) is 14.2 Å². The number of nitrogens with zero attached hydrogens (tertiary/aromatic N) is 3. The summed E-state index contributed by atoms with van der Waals surface area (Å²) in [6, 6.07) is 10.0. The number of aryl methyl sites for hydroxylation is 4. The summed E-state index contributed by atoms with van der Waals surface area (Å²) in [4.78, 5) is 57.9. The molecule has 4 aromatic heterocycles. The highest BCUT2D eigenvalue weighted by Crippen LogP contribution is 2.44. The van der Waals surface area contributed by atoms with Gasteiger partial charge in [-0.2, -0.15) is 0 Å². The van der Waals surface area contributed by atoms with Crippen molar-refractivity contribution in [3.8, 4) is 0 Å². The first-order valence-corrected chi connectivity index (χ1v) is 18.3. The van der Waals surface area contributed by atoms with Crippen LogP contribution >= 0.6 is 0 Å². The number of esters is 2. The number of carbonyl (C=O) groups excluding carboxylic acids is 3. The fourth-order valence-electron chi connectivity index (χ4n) is 7.62. The van der Waals surface area contributed by atoms with E-state index < -0.39 is 5.97 Å². The van der Waals surface area contributed by atoms with E-state index in [2.05, 4.69) is 55.6 Å². The first kappa shape index (κ1) is 37.9. The molecule has 0 fully saturated rings. The zero-order chi connectivity index (χ0) is 38.8. The molecule has 2 unspecified atom stereocenters. The third kappa shape index (κ3) is 7.22. The number of hydrogen-bond donors (Lipinski definition) is 3. The molecule has 8 bridgehead atoms. The number of amides is 1. The molecular formula is C43H49N6O5+. The number of aromatic amines is 2. The van der Waals surface area contributed by atoms with Crippen LogP contribution in [0.5, 0.6) is 0 Å². The lowest BCUT2D eigenvalue weighted by atomic mass is 9.84. The summed E-state index contributed by atoms with van der Waals surface area (Å²) < 4.78 is 12.2. The van der Waals surface area contributed by atoms with E-state index in [9.17, 15) is 14.4 Å². The number of nitrogens with one attached hydrogen (secondary N) is 3. The average molecular weight is 730 g/mol. The van der Waals surface area contributed by atoms with Crippen molar-refractivity contribution in [3.05, 3.63) is 105 Å². The van der Waals surface area contributed by atoms with Gasteiger partial charge in [0, 0.05) is 75.8 Å². The topological polar surface area (TPSA) is 143 Å². The second kappa shape index (κ2) is 15.6. The Morgan fingerprint density at radius 1 is 0.926 bits per heavy atom. The van der Waals surface area contributed by atoms with E-state index in [1.54, 1.807) is 0 Å². The molecule has 3 N–H and O–H groups in total. The highest BCUT2D eigenvalue weighted by atomic mass is 16.5. The molecule has 11 heteroatoms. The van der Waals surface area contributed by atoms with Crippen LogP contribution in [0.25, 0.3) is 39.3 Å². The van der Waals surface area contributed by atoms with Gasteiger partial charge < -0.3 is 24.8 Å². The zero-order valence-electron chi connectivity index (χ0n) is 32.4. The van der Waals surface area contributed by atoms with Crippen LogP contribution in [0, 0.1) is 13.8 Å². The maximum absolute atomic E-state index is 14.4. The van der Waals surface area contributed by atoms with Gasteiger partial charge >= 0.3 is 11.9 Å². The normalized spacial score (nSPS) is 15.3. The molecule has 0 saturated carbocycles. The van der Waals surface area contributed by atoms with Gasteiger partial charge in [-0.05, 0) is 79.6 Å². The maximum Gasteiger partial charge on any atom is 0.310 e. The summed E-state index contributed by atoms with van der Waals surface area (Å²) in [5, 5.41) is 3.10. The predicted octanol–water partition coefficient (Wildman–Crippen LogP) is 6.76. The Bertz CT molecular complexity index is 2370. The van der Waals surface area contributed by atoms with Gasteiger partial charge in [0.1, 0.15) is 7.05 Å². The van der Waals surface area contributed by atoms with Crippen LogP contribution in [0.2, 0.25) is 0 Å². The molecule has 0 spiro atoms. The molecular weight excluding hydrogens is 681 g/mol. The van der Waals surface area contributed by atoms with E-state index in [-0.39, 0.29) is 36.6 Å². The number of allylic oxidation sites excluding steroid dienone is 1. The first-order valence-electron chi connectivity index (χ1n) is 18.3. The van der Waals surface area contributed by atoms with Crippen LogP contribution in [0.15, 0.2) is 49.3 Å². The van der Waals surface area contributed by atoms with Crippen molar-refractivity contribution in [1.29, 1.82) is 0 Å². The van der Waals surface area contributed by atoms with E-state index >= 15 is 0 Å². The van der Waals surface area contributed by atoms with Crippen LogP contribution < -0.4 is 9.88 Å². The number of H-pyrrole nitrogens is 2. The van der Waals surface area contributed by atoms with E-state index in [4.69, 9.17) is 19.4 Å². The molecule has 4 aromatic rings.